The normalized spacial score (nSPS) is 16.1. The van der Waals surface area contributed by atoms with Gasteiger partial charge in [-0.3, -0.25) is 14.6 Å². The average molecular weight is 417 g/mol. The molecule has 1 aliphatic rings. The number of rotatable bonds is 4. The zero-order valence-corrected chi connectivity index (χ0v) is 18.4. The van der Waals surface area contributed by atoms with E-state index < -0.39 is 0 Å². The van der Waals surface area contributed by atoms with Gasteiger partial charge in [0.1, 0.15) is 5.69 Å². The highest BCUT2D eigenvalue weighted by atomic mass is 16.2. The number of carbonyl (C=O) groups excluding carboxylic acids is 1. The summed E-state index contributed by atoms with van der Waals surface area (Å²) in [7, 11) is 0. The number of aromatic amines is 2. The van der Waals surface area contributed by atoms with Crippen LogP contribution in [-0.2, 0) is 6.42 Å². The molecule has 7 nitrogen and oxygen atoms in total. The molecule has 0 bridgehead atoms. The molecule has 0 aliphatic heterocycles. The lowest BCUT2D eigenvalue weighted by Gasteiger charge is -2.23. The van der Waals surface area contributed by atoms with E-state index in [-0.39, 0.29) is 18.0 Å². The molecule has 3 N–H and O–H groups in total. The maximum absolute atomic E-state index is 13.0. The van der Waals surface area contributed by atoms with E-state index in [1.165, 1.54) is 10.9 Å². The van der Waals surface area contributed by atoms with Crippen LogP contribution in [0.2, 0.25) is 0 Å². The number of carbonyl (C=O) groups is 1. The van der Waals surface area contributed by atoms with E-state index in [0.717, 1.165) is 53.1 Å². The minimum Gasteiger partial charge on any atom is -0.356 e. The maximum Gasteiger partial charge on any atom is 0.269 e. The summed E-state index contributed by atoms with van der Waals surface area (Å²) in [5, 5.41) is 16.5. The molecular weight excluding hydrogens is 388 g/mol. The summed E-state index contributed by atoms with van der Waals surface area (Å²) >= 11 is 0. The fraction of sp³-hybridized carbons (Fsp3) is 0.375. The van der Waals surface area contributed by atoms with Crippen molar-refractivity contribution in [2.24, 2.45) is 0 Å². The summed E-state index contributed by atoms with van der Waals surface area (Å²) in [5.41, 5.74) is 7.76. The van der Waals surface area contributed by atoms with Crippen LogP contribution in [0.5, 0.6) is 0 Å². The molecule has 0 spiro atoms. The van der Waals surface area contributed by atoms with Crippen molar-refractivity contribution in [1.82, 2.24) is 30.3 Å². The number of nitrogens with zero attached hydrogens (tertiary/aromatic N) is 3. The molecule has 0 radical (unpaired) electrons. The van der Waals surface area contributed by atoms with Gasteiger partial charge in [-0.25, -0.2) is 0 Å². The first-order chi connectivity index (χ1) is 14.9. The minimum atomic E-state index is -0.137. The molecule has 31 heavy (non-hydrogen) atoms. The number of amides is 1. The summed E-state index contributed by atoms with van der Waals surface area (Å²) in [6.45, 7) is 8.24. The van der Waals surface area contributed by atoms with Crippen molar-refractivity contribution in [2.75, 3.05) is 0 Å². The van der Waals surface area contributed by atoms with Gasteiger partial charge in [0.15, 0.2) is 0 Å². The van der Waals surface area contributed by atoms with Crippen molar-refractivity contribution in [3.8, 4) is 11.3 Å². The molecule has 1 atom stereocenters. The number of nitrogens with one attached hydrogen (secondary N) is 3. The molecule has 1 aliphatic carbocycles. The van der Waals surface area contributed by atoms with Crippen molar-refractivity contribution in [1.29, 1.82) is 0 Å². The number of hydrogen-bond donors (Lipinski definition) is 3. The molecule has 1 aromatic carbocycles. The second kappa shape index (κ2) is 7.41. The fourth-order valence-corrected chi connectivity index (χ4v) is 4.90. The third-order valence-electron chi connectivity index (χ3n) is 6.31. The Kier molecular flexibility index (Phi) is 4.68. The van der Waals surface area contributed by atoms with Crippen LogP contribution >= 0.6 is 0 Å². The SMILES string of the molecule is Cc1nn(C(C)C)c(C)c1-c1cc(C(=O)N[C@H]2CCCc3c2[nH]c2ccccc32)[nH]n1. The van der Waals surface area contributed by atoms with E-state index in [2.05, 4.69) is 57.6 Å². The minimum absolute atomic E-state index is 0.0254. The molecule has 0 unspecified atom stereocenters. The molecule has 3 heterocycles. The van der Waals surface area contributed by atoms with Crippen LogP contribution < -0.4 is 5.32 Å². The number of fused-ring (bicyclic) bond motifs is 3. The highest BCUT2D eigenvalue weighted by Gasteiger charge is 2.27. The summed E-state index contributed by atoms with van der Waals surface area (Å²) in [5.74, 6) is -0.137. The van der Waals surface area contributed by atoms with Gasteiger partial charge in [0.05, 0.1) is 17.4 Å². The van der Waals surface area contributed by atoms with E-state index in [1.54, 1.807) is 0 Å². The molecule has 1 amide bonds. The lowest BCUT2D eigenvalue weighted by molar-refractivity contribution is 0.0927. The summed E-state index contributed by atoms with van der Waals surface area (Å²) in [6.07, 6.45) is 3.02. The molecule has 5 rings (SSSR count). The van der Waals surface area contributed by atoms with Crippen molar-refractivity contribution in [3.63, 3.8) is 0 Å². The van der Waals surface area contributed by atoms with Crippen LogP contribution in [0, 0.1) is 13.8 Å². The van der Waals surface area contributed by atoms with Gasteiger partial charge in [-0.15, -0.1) is 0 Å². The Hall–Kier alpha value is -3.35. The van der Waals surface area contributed by atoms with Gasteiger partial charge in [0, 0.05) is 33.9 Å². The number of para-hydroxylation sites is 1. The van der Waals surface area contributed by atoms with Crippen LogP contribution in [-0.4, -0.2) is 30.9 Å². The van der Waals surface area contributed by atoms with Crippen molar-refractivity contribution in [3.05, 3.63) is 58.7 Å². The number of aryl methyl sites for hydroxylation is 2. The fourth-order valence-electron chi connectivity index (χ4n) is 4.90. The Labute approximate surface area is 181 Å². The van der Waals surface area contributed by atoms with Gasteiger partial charge in [0.25, 0.3) is 5.91 Å². The largest absolute Gasteiger partial charge is 0.356 e. The van der Waals surface area contributed by atoms with Crippen molar-refractivity contribution < 1.29 is 4.79 Å². The van der Waals surface area contributed by atoms with Crippen LogP contribution in [0.3, 0.4) is 0 Å². The predicted octanol–water partition coefficient (Wildman–Crippen LogP) is 4.76. The molecule has 3 aromatic heterocycles. The van der Waals surface area contributed by atoms with E-state index in [4.69, 9.17) is 0 Å². The average Bonchev–Trinajstić information content (AvgIpc) is 3.44. The van der Waals surface area contributed by atoms with E-state index in [0.29, 0.717) is 5.69 Å². The van der Waals surface area contributed by atoms with Crippen molar-refractivity contribution in [2.45, 2.75) is 59.0 Å². The highest BCUT2D eigenvalue weighted by Crippen LogP contribution is 2.35. The van der Waals surface area contributed by atoms with Gasteiger partial charge in [-0.05, 0) is 64.7 Å². The Morgan fingerprint density at radius 2 is 2.06 bits per heavy atom. The first-order valence-corrected chi connectivity index (χ1v) is 11.0. The highest BCUT2D eigenvalue weighted by molar-refractivity contribution is 5.94. The summed E-state index contributed by atoms with van der Waals surface area (Å²) < 4.78 is 2.00. The Balaban J connectivity index is 1.41. The predicted molar refractivity (Wildman–Crippen MR) is 121 cm³/mol. The molecule has 4 aromatic rings. The molecule has 7 heteroatoms. The lowest BCUT2D eigenvalue weighted by Crippen LogP contribution is -2.31. The van der Waals surface area contributed by atoms with Gasteiger partial charge in [-0.1, -0.05) is 18.2 Å². The van der Waals surface area contributed by atoms with Gasteiger partial charge in [0.2, 0.25) is 0 Å². The summed E-state index contributed by atoms with van der Waals surface area (Å²) in [4.78, 5) is 16.6. The van der Waals surface area contributed by atoms with Crippen LogP contribution in [0.25, 0.3) is 22.2 Å². The first kappa shape index (κ1) is 19.6. The number of aromatic nitrogens is 5. The standard InChI is InChI=1S/C24H28N6O/c1-13(2)30-15(4)22(14(3)29-30)20-12-21(28-27-20)24(31)26-19-11-7-9-17-16-8-5-6-10-18(16)25-23(17)19/h5-6,8,10,12-13,19,25H,7,9,11H2,1-4H3,(H,26,31)(H,27,28)/t19-/m0/s1. The Morgan fingerprint density at radius 1 is 1.26 bits per heavy atom. The van der Waals surface area contributed by atoms with Gasteiger partial charge in [-0.2, -0.15) is 10.2 Å². The van der Waals surface area contributed by atoms with E-state index >= 15 is 0 Å². The third kappa shape index (κ3) is 3.24. The monoisotopic (exact) mass is 416 g/mol. The molecule has 0 fully saturated rings. The topological polar surface area (TPSA) is 91.4 Å². The van der Waals surface area contributed by atoms with Crippen LogP contribution in [0.4, 0.5) is 0 Å². The first-order valence-electron chi connectivity index (χ1n) is 11.0. The number of H-pyrrole nitrogens is 2. The van der Waals surface area contributed by atoms with Crippen molar-refractivity contribution >= 4 is 16.8 Å². The quantitative estimate of drug-likeness (QED) is 0.448. The zero-order valence-electron chi connectivity index (χ0n) is 18.4. The number of benzene rings is 1. The van der Waals surface area contributed by atoms with E-state index in [1.807, 2.05) is 30.7 Å². The molecular formula is C24H28N6O. The van der Waals surface area contributed by atoms with Crippen LogP contribution in [0.1, 0.15) is 71.9 Å². The second-order valence-corrected chi connectivity index (χ2v) is 8.73. The lowest BCUT2D eigenvalue weighted by atomic mass is 9.91. The molecule has 0 saturated heterocycles. The second-order valence-electron chi connectivity index (χ2n) is 8.73. The van der Waals surface area contributed by atoms with Gasteiger partial charge >= 0.3 is 0 Å². The molecule has 0 saturated carbocycles. The zero-order chi connectivity index (χ0) is 21.7. The summed E-state index contributed by atoms with van der Waals surface area (Å²) in [6, 6.07) is 10.4. The molecule has 160 valence electrons. The van der Waals surface area contributed by atoms with Gasteiger partial charge < -0.3 is 10.3 Å². The smallest absolute Gasteiger partial charge is 0.269 e. The Morgan fingerprint density at radius 3 is 2.84 bits per heavy atom. The number of hydrogen-bond acceptors (Lipinski definition) is 3. The third-order valence-corrected chi connectivity index (χ3v) is 6.31. The maximum atomic E-state index is 13.0. The van der Waals surface area contributed by atoms with Crippen LogP contribution in [0.15, 0.2) is 30.3 Å². The Bertz CT molecular complexity index is 1270. The van der Waals surface area contributed by atoms with E-state index in [9.17, 15) is 4.79 Å².